The number of hydrogen-bond donors (Lipinski definition) is 1. The van der Waals surface area contributed by atoms with Crippen molar-refractivity contribution in [3.8, 4) is 0 Å². The van der Waals surface area contributed by atoms with Crippen LogP contribution >= 0.6 is 12.4 Å². The summed E-state index contributed by atoms with van der Waals surface area (Å²) < 4.78 is 31.9. The molecule has 1 heterocycles. The van der Waals surface area contributed by atoms with Crippen LogP contribution in [-0.4, -0.2) is 65.7 Å². The number of ether oxygens (including phenoxy) is 1. The van der Waals surface area contributed by atoms with E-state index >= 15 is 0 Å². The molecule has 0 atom stereocenters. The molecule has 1 aliphatic heterocycles. The molecular formula is C22H30ClN3O4S. The number of esters is 1. The number of benzene rings is 2. The highest BCUT2D eigenvalue weighted by Gasteiger charge is 2.17. The minimum absolute atomic E-state index is 0. The summed E-state index contributed by atoms with van der Waals surface area (Å²) in [4.78, 5) is 16.2. The number of nitrogens with zero attached hydrogens (tertiary/aromatic N) is 2. The number of hydrogen-bond acceptors (Lipinski definition) is 6. The van der Waals surface area contributed by atoms with Crippen LogP contribution in [0.25, 0.3) is 0 Å². The van der Waals surface area contributed by atoms with Crippen molar-refractivity contribution in [1.29, 1.82) is 0 Å². The van der Waals surface area contributed by atoms with E-state index in [2.05, 4.69) is 43.5 Å². The van der Waals surface area contributed by atoms with E-state index < -0.39 is 16.0 Å². The molecule has 2 aromatic carbocycles. The molecule has 1 saturated heterocycles. The number of nitrogens with one attached hydrogen (secondary N) is 1. The molecule has 7 nitrogen and oxygen atoms in total. The topological polar surface area (TPSA) is 78.9 Å². The maximum atomic E-state index is 12.3. The van der Waals surface area contributed by atoms with Crippen LogP contribution in [0.5, 0.6) is 0 Å². The fraction of sp³-hybridized carbons (Fsp3) is 0.409. The SMILES string of the molecule is COC(=O)c1ccc(CS(=O)(=O)NCCCN2CCN(c3ccccc3)CC2)cc1.Cl. The molecule has 170 valence electrons. The van der Waals surface area contributed by atoms with Gasteiger partial charge in [0.25, 0.3) is 0 Å². The van der Waals surface area contributed by atoms with Crippen LogP contribution in [0, 0.1) is 0 Å². The molecule has 1 N–H and O–H groups in total. The van der Waals surface area contributed by atoms with Crippen LogP contribution in [0.2, 0.25) is 0 Å². The van der Waals surface area contributed by atoms with Crippen LogP contribution in [0.4, 0.5) is 5.69 Å². The first kappa shape index (κ1) is 25.1. The zero-order valence-electron chi connectivity index (χ0n) is 17.7. The van der Waals surface area contributed by atoms with Gasteiger partial charge in [-0.1, -0.05) is 30.3 Å². The summed E-state index contributed by atoms with van der Waals surface area (Å²) >= 11 is 0. The van der Waals surface area contributed by atoms with Crippen molar-refractivity contribution in [2.24, 2.45) is 0 Å². The van der Waals surface area contributed by atoms with Gasteiger partial charge in [0.2, 0.25) is 10.0 Å². The number of anilines is 1. The average Bonchev–Trinajstić information content (AvgIpc) is 2.77. The summed E-state index contributed by atoms with van der Waals surface area (Å²) in [6.07, 6.45) is 0.770. The standard InChI is InChI=1S/C22H29N3O4S.ClH/c1-29-22(26)20-10-8-19(9-11-20)18-30(27,28)23-12-5-13-24-14-16-25(17-15-24)21-6-3-2-4-7-21;/h2-4,6-11,23H,5,12-18H2,1H3;1H. The van der Waals surface area contributed by atoms with E-state index in [1.54, 1.807) is 24.3 Å². The highest BCUT2D eigenvalue weighted by molar-refractivity contribution is 7.88. The highest BCUT2D eigenvalue weighted by atomic mass is 35.5. The summed E-state index contributed by atoms with van der Waals surface area (Å²) in [7, 11) is -2.10. The summed E-state index contributed by atoms with van der Waals surface area (Å²) in [5.41, 5.74) is 2.29. The quantitative estimate of drug-likeness (QED) is 0.451. The molecule has 0 radical (unpaired) electrons. The third-order valence-electron chi connectivity index (χ3n) is 5.20. The second kappa shape index (κ2) is 12.0. The number of carbonyl (C=O) groups is 1. The van der Waals surface area contributed by atoms with Crippen molar-refractivity contribution in [2.45, 2.75) is 12.2 Å². The zero-order chi connectivity index (χ0) is 21.4. The second-order valence-corrected chi connectivity index (χ2v) is 9.17. The van der Waals surface area contributed by atoms with Gasteiger partial charge < -0.3 is 9.64 Å². The Hall–Kier alpha value is -2.13. The van der Waals surface area contributed by atoms with Gasteiger partial charge in [-0.2, -0.15) is 0 Å². The first-order valence-corrected chi connectivity index (χ1v) is 11.8. The molecular weight excluding hydrogens is 438 g/mol. The number of sulfonamides is 1. The molecule has 0 saturated carbocycles. The van der Waals surface area contributed by atoms with Gasteiger partial charge in [-0.25, -0.2) is 17.9 Å². The van der Waals surface area contributed by atoms with Gasteiger partial charge in [-0.05, 0) is 42.8 Å². The van der Waals surface area contributed by atoms with E-state index in [0.717, 1.165) is 39.1 Å². The van der Waals surface area contributed by atoms with E-state index in [1.807, 2.05) is 6.07 Å². The third-order valence-corrected chi connectivity index (χ3v) is 6.56. The van der Waals surface area contributed by atoms with Gasteiger partial charge in [0.05, 0.1) is 18.4 Å². The average molecular weight is 468 g/mol. The number of halogens is 1. The normalized spacial score (nSPS) is 14.7. The fourth-order valence-electron chi connectivity index (χ4n) is 3.52. The van der Waals surface area contributed by atoms with E-state index in [4.69, 9.17) is 0 Å². The molecule has 1 aliphatic rings. The molecule has 0 aliphatic carbocycles. The maximum Gasteiger partial charge on any atom is 0.337 e. The lowest BCUT2D eigenvalue weighted by Crippen LogP contribution is -2.47. The van der Waals surface area contributed by atoms with E-state index in [1.165, 1.54) is 12.8 Å². The second-order valence-electron chi connectivity index (χ2n) is 7.36. The maximum absolute atomic E-state index is 12.3. The van der Waals surface area contributed by atoms with Crippen LogP contribution < -0.4 is 9.62 Å². The Morgan fingerprint density at radius 1 is 1.00 bits per heavy atom. The molecule has 0 aromatic heterocycles. The molecule has 1 fully saturated rings. The first-order chi connectivity index (χ1) is 14.5. The third kappa shape index (κ3) is 7.81. The van der Waals surface area contributed by atoms with Crippen LogP contribution in [0.1, 0.15) is 22.3 Å². The summed E-state index contributed by atoms with van der Waals surface area (Å²) in [6, 6.07) is 16.8. The van der Waals surface area contributed by atoms with Crippen LogP contribution in [0.3, 0.4) is 0 Å². The minimum Gasteiger partial charge on any atom is -0.465 e. The molecule has 9 heteroatoms. The lowest BCUT2D eigenvalue weighted by Gasteiger charge is -2.36. The lowest BCUT2D eigenvalue weighted by molar-refractivity contribution is 0.0600. The van der Waals surface area contributed by atoms with Crippen molar-refractivity contribution in [3.63, 3.8) is 0 Å². The molecule has 0 bridgehead atoms. The summed E-state index contributed by atoms with van der Waals surface area (Å²) in [6.45, 7) is 5.22. The number of rotatable bonds is 9. The summed E-state index contributed by atoms with van der Waals surface area (Å²) in [5, 5.41) is 0. The predicted molar refractivity (Wildman–Crippen MR) is 125 cm³/mol. The summed E-state index contributed by atoms with van der Waals surface area (Å²) in [5.74, 6) is -0.545. The largest absolute Gasteiger partial charge is 0.465 e. The predicted octanol–water partition coefficient (Wildman–Crippen LogP) is 2.53. The molecule has 3 rings (SSSR count). The fourth-order valence-corrected chi connectivity index (χ4v) is 4.71. The number of methoxy groups -OCH3 is 1. The van der Waals surface area contributed by atoms with Gasteiger partial charge in [0, 0.05) is 38.4 Å². The Morgan fingerprint density at radius 2 is 1.65 bits per heavy atom. The first-order valence-electron chi connectivity index (χ1n) is 10.1. The van der Waals surface area contributed by atoms with Gasteiger partial charge in [0.1, 0.15) is 0 Å². The van der Waals surface area contributed by atoms with Crippen molar-refractivity contribution >= 4 is 34.1 Å². The molecule has 0 amide bonds. The Kier molecular flexibility index (Phi) is 9.77. The van der Waals surface area contributed by atoms with Gasteiger partial charge in [0.15, 0.2) is 0 Å². The van der Waals surface area contributed by atoms with Crippen molar-refractivity contribution in [3.05, 3.63) is 65.7 Å². The number of carbonyl (C=O) groups excluding carboxylic acids is 1. The van der Waals surface area contributed by atoms with E-state index in [0.29, 0.717) is 17.7 Å². The molecule has 0 spiro atoms. The zero-order valence-corrected chi connectivity index (χ0v) is 19.3. The number of piperazine rings is 1. The van der Waals surface area contributed by atoms with Crippen molar-refractivity contribution in [1.82, 2.24) is 9.62 Å². The van der Waals surface area contributed by atoms with Crippen LogP contribution in [0.15, 0.2) is 54.6 Å². The molecule has 0 unspecified atom stereocenters. The van der Waals surface area contributed by atoms with Gasteiger partial charge in [-0.15, -0.1) is 12.4 Å². The molecule has 31 heavy (non-hydrogen) atoms. The van der Waals surface area contributed by atoms with E-state index in [9.17, 15) is 13.2 Å². The van der Waals surface area contributed by atoms with Crippen molar-refractivity contribution in [2.75, 3.05) is 51.3 Å². The van der Waals surface area contributed by atoms with Crippen LogP contribution in [-0.2, 0) is 20.5 Å². The van der Waals surface area contributed by atoms with E-state index in [-0.39, 0.29) is 18.2 Å². The minimum atomic E-state index is -3.41. The lowest BCUT2D eigenvalue weighted by atomic mass is 10.1. The van der Waals surface area contributed by atoms with Gasteiger partial charge in [-0.3, -0.25) is 4.90 Å². The Labute approximate surface area is 190 Å². The smallest absolute Gasteiger partial charge is 0.337 e. The highest BCUT2D eigenvalue weighted by Crippen LogP contribution is 2.15. The van der Waals surface area contributed by atoms with Crippen molar-refractivity contribution < 1.29 is 17.9 Å². The van der Waals surface area contributed by atoms with Gasteiger partial charge >= 0.3 is 5.97 Å². The Bertz CT molecular complexity index is 916. The monoisotopic (exact) mass is 467 g/mol. The Morgan fingerprint density at radius 3 is 2.26 bits per heavy atom. The number of para-hydroxylation sites is 1. The Balaban J connectivity index is 0.00000341. The molecule has 2 aromatic rings.